The van der Waals surface area contributed by atoms with Crippen LogP contribution in [0.3, 0.4) is 0 Å². The fraction of sp³-hybridized carbons (Fsp3) is 0.449. The molecular weight excluding hydrogens is 825 g/mol. The molecule has 3 N–H and O–H groups in total. The van der Waals surface area contributed by atoms with Crippen LogP contribution in [0.25, 0.3) is 11.3 Å². The molecule has 4 aromatic carbocycles. The van der Waals surface area contributed by atoms with E-state index in [4.69, 9.17) is 39.5 Å². The van der Waals surface area contributed by atoms with Crippen LogP contribution in [-0.4, -0.2) is 107 Å². The molecule has 0 radical (unpaired) electrons. The summed E-state index contributed by atoms with van der Waals surface area (Å²) in [5, 5.41) is 20.3. The van der Waals surface area contributed by atoms with Crippen LogP contribution in [-0.2, 0) is 33.0 Å². The van der Waals surface area contributed by atoms with Crippen LogP contribution in [0.15, 0.2) is 97.2 Å². The molecule has 61 heavy (non-hydrogen) atoms. The normalized spacial score (nSPS) is 23.2. The number of aliphatic hydroxyl groups is 1. The molecule has 0 amide bonds. The Kier molecular flexibility index (Phi) is 15.9. The van der Waals surface area contributed by atoms with Crippen LogP contribution in [0.1, 0.15) is 48.7 Å². The second-order valence-electron chi connectivity index (χ2n) is 17.6. The van der Waals surface area contributed by atoms with E-state index in [9.17, 15) is 5.11 Å². The van der Waals surface area contributed by atoms with Crippen molar-refractivity contribution in [2.75, 3.05) is 60.0 Å². The molecule has 2 saturated heterocycles. The summed E-state index contributed by atoms with van der Waals surface area (Å²) in [5.74, 6) is 2.77. The molecule has 0 spiro atoms. The van der Waals surface area contributed by atoms with E-state index >= 15 is 0 Å². The Bertz CT molecular complexity index is 2150. The van der Waals surface area contributed by atoms with Gasteiger partial charge in [-0.2, -0.15) is 0 Å². The molecule has 12 heteroatoms. The lowest BCUT2D eigenvalue weighted by Gasteiger charge is -2.46. The quantitative estimate of drug-likeness (QED) is 0.115. The Morgan fingerprint density at radius 1 is 0.918 bits per heavy atom. The summed E-state index contributed by atoms with van der Waals surface area (Å²) in [6, 6.07) is 31.0. The highest BCUT2D eigenvalue weighted by molar-refractivity contribution is 6.35. The lowest BCUT2D eigenvalue weighted by molar-refractivity contribution is 0.0883. The molecule has 2 aliphatic rings. The summed E-state index contributed by atoms with van der Waals surface area (Å²) in [6.07, 6.45) is 7.03. The molecule has 2 fully saturated rings. The summed E-state index contributed by atoms with van der Waals surface area (Å²) in [5.41, 5.74) is 5.52. The van der Waals surface area contributed by atoms with Crippen LogP contribution in [0.5, 0.6) is 11.5 Å². The predicted molar refractivity (Wildman–Crippen MR) is 251 cm³/mol. The van der Waals surface area contributed by atoms with Crippen LogP contribution >= 0.6 is 34.8 Å². The zero-order valence-electron chi connectivity index (χ0n) is 36.1. The summed E-state index contributed by atoms with van der Waals surface area (Å²) in [7, 11) is 6.14. The number of piperidine rings is 1. The van der Waals surface area contributed by atoms with Crippen LogP contribution < -0.4 is 15.4 Å². The third-order valence-electron chi connectivity index (χ3n) is 12.5. The maximum absolute atomic E-state index is 10.7. The third kappa shape index (κ3) is 12.4. The second kappa shape index (κ2) is 21.3. The number of hydrogen-bond donors (Lipinski definition) is 3. The van der Waals surface area contributed by atoms with Crippen LogP contribution in [0, 0.1) is 5.92 Å². The standard InChI is InChI=1S/C49H62Cl3N7O2/c1-35-27-53-42(33-60)28-55-49(26-37-11-15-40(50)16-12-37)20-8-21-58(34-49)30-38(23-36-9-6-5-7-10-36)19-22-59(35)31-44-45(52)24-41(51)25-47(44)61-43-17-13-39(14-18-43)46-29-54-48(57(46)4)32-56(2)3/h5-7,9-18,24-25,29,35,38,42,53,55,60H,8,19-23,26-28,30-34H2,1-4H3/t35-,38-,42-,49+/m0/s1. The Morgan fingerprint density at radius 2 is 1.69 bits per heavy atom. The number of rotatable bonds is 12. The van der Waals surface area contributed by atoms with Gasteiger partial charge in [0, 0.05) is 78.6 Å². The number of halogens is 3. The van der Waals surface area contributed by atoms with E-state index in [0.29, 0.717) is 47.1 Å². The van der Waals surface area contributed by atoms with Crippen molar-refractivity contribution in [3.8, 4) is 22.8 Å². The highest BCUT2D eigenvalue weighted by Gasteiger charge is 2.37. The average molecular weight is 887 g/mol. The first-order chi connectivity index (χ1) is 29.5. The predicted octanol–water partition coefficient (Wildman–Crippen LogP) is 8.97. The SMILES string of the molecule is C[C@H]1CN[C@H](CO)CN[C@@]2(Cc3ccc(Cl)cc3)CCCN(C[C@H](Cc3ccccc3)CCN1Cc1c(Cl)cc(Cl)cc1Oc1ccc(-c3cnc(CN(C)C)n3C)cc1)C2. The van der Waals surface area contributed by atoms with Crippen molar-refractivity contribution in [1.82, 2.24) is 34.9 Å². The minimum Gasteiger partial charge on any atom is -0.457 e. The number of aliphatic hydroxyl groups excluding tert-OH is 1. The Labute approximate surface area is 378 Å². The lowest BCUT2D eigenvalue weighted by Crippen LogP contribution is -2.61. The number of nitrogens with one attached hydrogen (secondary N) is 2. The number of fused-ring (bicyclic) bond motifs is 2. The van der Waals surface area contributed by atoms with Gasteiger partial charge in [-0.3, -0.25) is 4.90 Å². The van der Waals surface area contributed by atoms with E-state index in [0.717, 1.165) is 92.5 Å². The van der Waals surface area contributed by atoms with E-state index in [-0.39, 0.29) is 24.2 Å². The van der Waals surface area contributed by atoms with Crippen LogP contribution in [0.4, 0.5) is 0 Å². The van der Waals surface area contributed by atoms with Gasteiger partial charge in [-0.15, -0.1) is 0 Å². The summed E-state index contributed by atoms with van der Waals surface area (Å²) >= 11 is 20.1. The molecule has 2 bridgehead atoms. The molecular formula is C49H62Cl3N7O2. The smallest absolute Gasteiger partial charge is 0.134 e. The largest absolute Gasteiger partial charge is 0.457 e. The van der Waals surface area contributed by atoms with Crippen molar-refractivity contribution >= 4 is 34.8 Å². The maximum Gasteiger partial charge on any atom is 0.134 e. The molecule has 1 unspecified atom stereocenters. The number of imidazole rings is 1. The summed E-state index contributed by atoms with van der Waals surface area (Å²) < 4.78 is 8.77. The number of aromatic nitrogens is 2. The van der Waals surface area contributed by atoms with Gasteiger partial charge < -0.3 is 34.8 Å². The molecule has 5 aromatic rings. The Hall–Kier alpha value is -3.48. The zero-order chi connectivity index (χ0) is 42.9. The van der Waals surface area contributed by atoms with Gasteiger partial charge in [0.05, 0.1) is 30.1 Å². The van der Waals surface area contributed by atoms with Crippen molar-refractivity contribution in [2.45, 2.75) is 69.7 Å². The highest BCUT2D eigenvalue weighted by atomic mass is 35.5. The fourth-order valence-corrected chi connectivity index (χ4v) is 9.76. The van der Waals surface area contributed by atoms with E-state index in [1.54, 1.807) is 0 Å². The molecule has 7 rings (SSSR count). The summed E-state index contributed by atoms with van der Waals surface area (Å²) in [6.45, 7) is 8.87. The number of hydrogen-bond acceptors (Lipinski definition) is 8. The topological polar surface area (TPSA) is 81.1 Å². The highest BCUT2D eigenvalue weighted by Crippen LogP contribution is 2.37. The van der Waals surface area contributed by atoms with E-state index in [1.807, 2.05) is 56.7 Å². The van der Waals surface area contributed by atoms with Crippen molar-refractivity contribution in [1.29, 1.82) is 0 Å². The molecule has 5 atom stereocenters. The zero-order valence-corrected chi connectivity index (χ0v) is 38.4. The van der Waals surface area contributed by atoms with Crippen molar-refractivity contribution in [3.63, 3.8) is 0 Å². The molecule has 0 aliphatic carbocycles. The van der Waals surface area contributed by atoms with E-state index in [2.05, 4.69) is 103 Å². The number of ether oxygens (including phenoxy) is 1. The van der Waals surface area contributed by atoms with Gasteiger partial charge in [0.15, 0.2) is 0 Å². The Morgan fingerprint density at radius 3 is 2.43 bits per heavy atom. The molecule has 2 aliphatic heterocycles. The van der Waals surface area contributed by atoms with Crippen molar-refractivity contribution in [2.24, 2.45) is 13.0 Å². The van der Waals surface area contributed by atoms with Gasteiger partial charge >= 0.3 is 0 Å². The third-order valence-corrected chi connectivity index (χ3v) is 13.3. The first-order valence-electron chi connectivity index (χ1n) is 21.7. The molecule has 1 aromatic heterocycles. The lowest BCUT2D eigenvalue weighted by atomic mass is 9.82. The molecule has 0 saturated carbocycles. The van der Waals surface area contributed by atoms with E-state index < -0.39 is 0 Å². The van der Waals surface area contributed by atoms with Gasteiger partial charge in [-0.05, 0) is 132 Å². The van der Waals surface area contributed by atoms with Crippen molar-refractivity contribution in [3.05, 3.63) is 135 Å². The first-order valence-corrected chi connectivity index (χ1v) is 22.8. The average Bonchev–Trinajstić information content (AvgIpc) is 3.59. The molecule has 3 heterocycles. The first kappa shape index (κ1) is 45.5. The van der Waals surface area contributed by atoms with Crippen LogP contribution in [0.2, 0.25) is 15.1 Å². The van der Waals surface area contributed by atoms with Gasteiger partial charge in [0.25, 0.3) is 0 Å². The minimum absolute atomic E-state index is 0.0389. The second-order valence-corrected chi connectivity index (χ2v) is 18.9. The van der Waals surface area contributed by atoms with E-state index in [1.165, 1.54) is 11.1 Å². The fourth-order valence-electron chi connectivity index (χ4n) is 9.10. The van der Waals surface area contributed by atoms with Gasteiger partial charge in [-0.25, -0.2) is 4.98 Å². The van der Waals surface area contributed by atoms with Gasteiger partial charge in [-0.1, -0.05) is 77.3 Å². The Balaban J connectivity index is 1.14. The maximum atomic E-state index is 10.7. The summed E-state index contributed by atoms with van der Waals surface area (Å²) in [4.78, 5) is 12.0. The van der Waals surface area contributed by atoms with Gasteiger partial charge in [0.1, 0.15) is 17.3 Å². The molecule has 9 nitrogen and oxygen atoms in total. The monoisotopic (exact) mass is 885 g/mol. The minimum atomic E-state index is -0.115. The van der Waals surface area contributed by atoms with Crippen molar-refractivity contribution < 1.29 is 9.84 Å². The number of nitrogens with zero attached hydrogens (tertiary/aromatic N) is 5. The molecule has 326 valence electrons. The number of benzene rings is 4. The van der Waals surface area contributed by atoms with Gasteiger partial charge in [0.2, 0.25) is 0 Å².